The summed E-state index contributed by atoms with van der Waals surface area (Å²) in [5.41, 5.74) is 5.55. The number of amides is 1. The average Bonchev–Trinajstić information content (AvgIpc) is 3.21. The maximum Gasteiger partial charge on any atom is 0.330 e. The minimum atomic E-state index is -3.08. The molecule has 3 N–H and O–H groups in total. The lowest BCUT2D eigenvalue weighted by atomic mass is 9.98. The van der Waals surface area contributed by atoms with Gasteiger partial charge in [-0.2, -0.15) is 4.57 Å². The van der Waals surface area contributed by atoms with Gasteiger partial charge in [0, 0.05) is 30.8 Å². The van der Waals surface area contributed by atoms with Crippen LogP contribution in [-0.4, -0.2) is 67.3 Å². The molecule has 58 heavy (non-hydrogen) atoms. The van der Waals surface area contributed by atoms with Gasteiger partial charge in [0.15, 0.2) is 6.20 Å². The van der Waals surface area contributed by atoms with E-state index in [0.717, 1.165) is 59.9 Å². The number of para-hydroxylation sites is 1. The standard InChI is InChI=1S/C47H70N3O6P.CH4/c1-4-7-8-9-10-11-12-13-14-15-16-17-18-26-46(52)43(38-51)48-47(53)37-50-32-21-23-41-36-39(28-30-44(41)50)27-29-40-31-34-49(45-25-20-19-24-42(40)45)33-22-35-57(54,55-5-2)56-6-3;/h18-20,24-31,34,36,43,46,51-52H,4-17,21-23,32-33,35,37-38H2,1-3H3;1H4/p+1/b26-18+;. The summed E-state index contributed by atoms with van der Waals surface area (Å²) in [5.74, 6) is -0.213. The molecule has 0 saturated heterocycles. The third-order valence-electron chi connectivity index (χ3n) is 10.8. The molecule has 1 aromatic heterocycles. The Hall–Kier alpha value is -3.33. The van der Waals surface area contributed by atoms with Gasteiger partial charge in [-0.3, -0.25) is 9.36 Å². The first-order chi connectivity index (χ1) is 27.8. The number of unbranched alkanes of at least 4 members (excludes halogenated alkanes) is 11. The molecule has 0 aliphatic carbocycles. The van der Waals surface area contributed by atoms with Gasteiger partial charge in [0.1, 0.15) is 6.54 Å². The van der Waals surface area contributed by atoms with Crippen molar-refractivity contribution in [3.8, 4) is 0 Å². The molecule has 1 aliphatic rings. The van der Waals surface area contributed by atoms with Crippen molar-refractivity contribution in [1.82, 2.24) is 5.32 Å². The number of anilines is 1. The van der Waals surface area contributed by atoms with Crippen LogP contribution >= 0.6 is 7.60 Å². The van der Waals surface area contributed by atoms with Crippen LogP contribution in [0.1, 0.15) is 135 Å². The minimum absolute atomic E-state index is 0. The Morgan fingerprint density at radius 2 is 1.60 bits per heavy atom. The number of fused-ring (bicyclic) bond motifs is 2. The van der Waals surface area contributed by atoms with Crippen LogP contribution in [0.25, 0.3) is 23.1 Å². The average molecular weight is 821 g/mol. The maximum atomic E-state index is 13.2. The van der Waals surface area contributed by atoms with E-state index in [1.165, 1.54) is 69.8 Å². The zero-order valence-corrected chi connectivity index (χ0v) is 36.0. The van der Waals surface area contributed by atoms with E-state index in [9.17, 15) is 19.6 Å². The third kappa shape index (κ3) is 16.4. The number of rotatable bonds is 28. The van der Waals surface area contributed by atoms with Crippen LogP contribution in [-0.2, 0) is 31.4 Å². The van der Waals surface area contributed by atoms with Crippen molar-refractivity contribution < 1.29 is 33.2 Å². The van der Waals surface area contributed by atoms with Crippen molar-refractivity contribution in [3.63, 3.8) is 0 Å². The second kappa shape index (κ2) is 27.4. The number of pyridine rings is 1. The molecular formula is C48H75N3O6P+. The van der Waals surface area contributed by atoms with E-state index in [1.54, 1.807) is 6.08 Å². The molecule has 4 rings (SSSR count). The number of hydrogen-bond donors (Lipinski definition) is 3. The molecule has 2 heterocycles. The summed E-state index contributed by atoms with van der Waals surface area (Å²) in [5, 5.41) is 24.7. The van der Waals surface area contributed by atoms with Crippen LogP contribution < -0.4 is 14.8 Å². The number of carbonyl (C=O) groups is 1. The highest BCUT2D eigenvalue weighted by molar-refractivity contribution is 7.53. The van der Waals surface area contributed by atoms with Crippen LogP contribution in [0.5, 0.6) is 0 Å². The van der Waals surface area contributed by atoms with Crippen molar-refractivity contribution in [2.24, 2.45) is 0 Å². The molecule has 2 unspecified atom stereocenters. The molecule has 2 aromatic carbocycles. The van der Waals surface area contributed by atoms with Gasteiger partial charge in [0.25, 0.3) is 0 Å². The van der Waals surface area contributed by atoms with Crippen molar-refractivity contribution >= 4 is 42.2 Å². The molecule has 1 aliphatic heterocycles. The molecule has 0 spiro atoms. The summed E-state index contributed by atoms with van der Waals surface area (Å²) in [6, 6.07) is 16.1. The Morgan fingerprint density at radius 3 is 2.29 bits per heavy atom. The van der Waals surface area contributed by atoms with E-state index in [2.05, 4.69) is 76.5 Å². The quantitative estimate of drug-likeness (QED) is 0.0289. The van der Waals surface area contributed by atoms with E-state index in [4.69, 9.17) is 9.05 Å². The van der Waals surface area contributed by atoms with Gasteiger partial charge >= 0.3 is 7.60 Å². The summed E-state index contributed by atoms with van der Waals surface area (Å²) in [7, 11) is -3.08. The summed E-state index contributed by atoms with van der Waals surface area (Å²) in [6.07, 6.45) is 27.2. The predicted molar refractivity (Wildman–Crippen MR) is 242 cm³/mol. The van der Waals surface area contributed by atoms with Gasteiger partial charge in [-0.25, -0.2) is 0 Å². The topological polar surface area (TPSA) is 112 Å². The normalized spacial score (nSPS) is 14.2. The summed E-state index contributed by atoms with van der Waals surface area (Å²) < 4.78 is 26.1. The van der Waals surface area contributed by atoms with Crippen LogP contribution in [0.4, 0.5) is 5.69 Å². The SMILES string of the molecule is C.CCCCCCCCCCCCC/C=C/C(O)C(CO)NC(=O)CN1CCCc2cc(C=Cc3cc[n+](CCCP(=O)(OCC)OCC)c4ccccc34)ccc21. The van der Waals surface area contributed by atoms with Gasteiger partial charge in [-0.1, -0.05) is 121 Å². The number of nitrogens with one attached hydrogen (secondary N) is 1. The van der Waals surface area contributed by atoms with E-state index in [0.29, 0.717) is 32.3 Å². The Labute approximate surface area is 350 Å². The van der Waals surface area contributed by atoms with Crippen molar-refractivity contribution in [2.45, 2.75) is 143 Å². The second-order valence-electron chi connectivity index (χ2n) is 15.4. The van der Waals surface area contributed by atoms with E-state index < -0.39 is 19.7 Å². The van der Waals surface area contributed by atoms with Gasteiger partial charge in [0.2, 0.25) is 11.4 Å². The zero-order chi connectivity index (χ0) is 40.7. The number of carbonyl (C=O) groups excluding carboxylic acids is 1. The van der Waals surface area contributed by atoms with Crippen LogP contribution in [0.3, 0.4) is 0 Å². The summed E-state index contributed by atoms with van der Waals surface area (Å²) in [6.45, 7) is 7.96. The first-order valence-electron chi connectivity index (χ1n) is 21.9. The number of allylic oxidation sites excluding steroid dienone is 1. The maximum absolute atomic E-state index is 13.2. The summed E-state index contributed by atoms with van der Waals surface area (Å²) >= 11 is 0. The smallest absolute Gasteiger partial charge is 0.330 e. The molecule has 1 amide bonds. The fourth-order valence-corrected chi connectivity index (χ4v) is 9.40. The molecule has 9 nitrogen and oxygen atoms in total. The van der Waals surface area contributed by atoms with Gasteiger partial charge in [-0.05, 0) is 74.4 Å². The van der Waals surface area contributed by atoms with Crippen molar-refractivity contribution in [2.75, 3.05) is 44.0 Å². The number of nitrogens with zero attached hydrogens (tertiary/aromatic N) is 2. The predicted octanol–water partition coefficient (Wildman–Crippen LogP) is 10.4. The molecule has 0 fully saturated rings. The summed E-state index contributed by atoms with van der Waals surface area (Å²) in [4.78, 5) is 15.3. The first-order valence-corrected chi connectivity index (χ1v) is 23.6. The molecule has 322 valence electrons. The first kappa shape index (κ1) is 49.0. The lowest BCUT2D eigenvalue weighted by molar-refractivity contribution is -0.671. The van der Waals surface area contributed by atoms with E-state index in [-0.39, 0.29) is 26.5 Å². The molecule has 10 heteroatoms. The van der Waals surface area contributed by atoms with E-state index in [1.807, 2.05) is 32.1 Å². The monoisotopic (exact) mass is 821 g/mol. The van der Waals surface area contributed by atoms with Crippen LogP contribution in [0, 0.1) is 0 Å². The molecule has 0 radical (unpaired) electrons. The molecular weight excluding hydrogens is 746 g/mol. The van der Waals surface area contributed by atoms with E-state index >= 15 is 0 Å². The highest BCUT2D eigenvalue weighted by Gasteiger charge is 2.25. The lowest BCUT2D eigenvalue weighted by Gasteiger charge is -2.31. The highest BCUT2D eigenvalue weighted by Crippen LogP contribution is 2.48. The number of aliphatic hydroxyl groups is 2. The molecule has 2 atom stereocenters. The van der Waals surface area contributed by atoms with Gasteiger partial charge in [0.05, 0.1) is 50.1 Å². The largest absolute Gasteiger partial charge is 0.394 e. The zero-order valence-electron chi connectivity index (χ0n) is 35.1. The number of hydrogen-bond acceptors (Lipinski definition) is 7. The Balaban J connectivity index is 0.00000900. The Bertz CT molecular complexity index is 1740. The van der Waals surface area contributed by atoms with Crippen molar-refractivity contribution in [3.05, 3.63) is 83.6 Å². The molecule has 0 bridgehead atoms. The van der Waals surface area contributed by atoms with Crippen LogP contribution in [0.2, 0.25) is 0 Å². The Kier molecular flexibility index (Phi) is 23.2. The minimum Gasteiger partial charge on any atom is -0.394 e. The Morgan fingerprint density at radius 1 is 0.914 bits per heavy atom. The number of aliphatic hydroxyl groups excluding tert-OH is 2. The fraction of sp³-hybridized carbons (Fsp3) is 0.583. The number of benzene rings is 2. The fourth-order valence-electron chi connectivity index (χ4n) is 7.75. The number of aryl methyl sites for hydroxylation is 2. The van der Waals surface area contributed by atoms with Gasteiger partial charge in [-0.15, -0.1) is 0 Å². The van der Waals surface area contributed by atoms with Gasteiger partial charge < -0.3 is 29.5 Å². The lowest BCUT2D eigenvalue weighted by Crippen LogP contribution is -2.49. The van der Waals surface area contributed by atoms with Crippen LogP contribution in [0.15, 0.2) is 66.9 Å². The highest BCUT2D eigenvalue weighted by atomic mass is 31.2. The van der Waals surface area contributed by atoms with Crippen molar-refractivity contribution in [1.29, 1.82) is 0 Å². The second-order valence-corrected chi connectivity index (χ2v) is 17.5. The molecule has 3 aromatic rings. The third-order valence-corrected chi connectivity index (χ3v) is 13.0. The molecule has 0 saturated carbocycles. The number of aromatic nitrogens is 1.